The van der Waals surface area contributed by atoms with Crippen LogP contribution in [0, 0.1) is 13.8 Å². The monoisotopic (exact) mass is 334 g/mol. The second-order valence-corrected chi connectivity index (χ2v) is 6.45. The Bertz CT molecular complexity index is 586. The number of hydrogen-bond donors (Lipinski definition) is 3. The van der Waals surface area contributed by atoms with Crippen LogP contribution in [-0.2, 0) is 18.4 Å². The third-order valence-corrected chi connectivity index (χ3v) is 4.70. The molecule has 0 aliphatic heterocycles. The average molecular weight is 334 g/mol. The van der Waals surface area contributed by atoms with E-state index in [1.807, 2.05) is 25.6 Å². The van der Waals surface area contributed by atoms with Gasteiger partial charge in [-0.3, -0.25) is 14.5 Å². The summed E-state index contributed by atoms with van der Waals surface area (Å²) >= 11 is 0. The summed E-state index contributed by atoms with van der Waals surface area (Å²) in [5.74, 6) is 0.648. The lowest BCUT2D eigenvalue weighted by molar-refractivity contribution is -0.120. The molecular formula is C17H30N6O. The Balaban J connectivity index is 1.76. The molecule has 0 unspecified atom stereocenters. The van der Waals surface area contributed by atoms with Crippen LogP contribution in [0.25, 0.3) is 0 Å². The van der Waals surface area contributed by atoms with Gasteiger partial charge in [-0.1, -0.05) is 19.3 Å². The highest BCUT2D eigenvalue weighted by Gasteiger charge is 2.16. The van der Waals surface area contributed by atoms with E-state index in [0.717, 1.165) is 29.8 Å². The lowest BCUT2D eigenvalue weighted by Gasteiger charge is -2.23. The quantitative estimate of drug-likeness (QED) is 0.557. The molecule has 1 saturated carbocycles. The second-order valence-electron chi connectivity index (χ2n) is 6.45. The molecule has 7 heteroatoms. The van der Waals surface area contributed by atoms with E-state index in [2.05, 4.69) is 26.0 Å². The van der Waals surface area contributed by atoms with Crippen LogP contribution in [0.2, 0.25) is 0 Å². The van der Waals surface area contributed by atoms with E-state index in [0.29, 0.717) is 18.5 Å². The number of aryl methyl sites for hydroxylation is 2. The number of hydrogen-bond acceptors (Lipinski definition) is 3. The van der Waals surface area contributed by atoms with Crippen LogP contribution in [0.4, 0.5) is 0 Å². The lowest BCUT2D eigenvalue weighted by atomic mass is 9.95. The fraction of sp³-hybridized carbons (Fsp3) is 0.706. The van der Waals surface area contributed by atoms with Gasteiger partial charge in [0, 0.05) is 37.9 Å². The molecule has 1 aliphatic carbocycles. The number of nitrogens with one attached hydrogen (secondary N) is 3. The molecule has 1 aromatic heterocycles. The maximum atomic E-state index is 12.0. The minimum absolute atomic E-state index is 0.0265. The SMILES string of the molecule is CN=C(NCC(=O)NC1CCCCC1)NCc1c(C)nn(C)c1C. The maximum Gasteiger partial charge on any atom is 0.239 e. The smallest absolute Gasteiger partial charge is 0.239 e. The third kappa shape index (κ3) is 4.97. The van der Waals surface area contributed by atoms with Crippen molar-refractivity contribution in [2.75, 3.05) is 13.6 Å². The molecule has 1 heterocycles. The van der Waals surface area contributed by atoms with E-state index in [9.17, 15) is 4.79 Å². The molecule has 24 heavy (non-hydrogen) atoms. The van der Waals surface area contributed by atoms with Crippen molar-refractivity contribution in [3.05, 3.63) is 17.0 Å². The van der Waals surface area contributed by atoms with Crippen LogP contribution >= 0.6 is 0 Å². The van der Waals surface area contributed by atoms with E-state index >= 15 is 0 Å². The number of aliphatic imine (C=N–C) groups is 1. The summed E-state index contributed by atoms with van der Waals surface area (Å²) in [4.78, 5) is 16.2. The van der Waals surface area contributed by atoms with Crippen molar-refractivity contribution in [1.29, 1.82) is 0 Å². The van der Waals surface area contributed by atoms with Gasteiger partial charge < -0.3 is 16.0 Å². The first kappa shape index (κ1) is 18.3. The number of rotatable bonds is 5. The summed E-state index contributed by atoms with van der Waals surface area (Å²) in [6.07, 6.45) is 5.90. The topological polar surface area (TPSA) is 83.3 Å². The Hall–Kier alpha value is -2.05. The van der Waals surface area contributed by atoms with Crippen molar-refractivity contribution in [1.82, 2.24) is 25.7 Å². The number of carbonyl (C=O) groups excluding carboxylic acids is 1. The molecule has 3 N–H and O–H groups in total. The molecule has 0 spiro atoms. The highest BCUT2D eigenvalue weighted by atomic mass is 16.2. The van der Waals surface area contributed by atoms with E-state index in [4.69, 9.17) is 0 Å². The van der Waals surface area contributed by atoms with Gasteiger partial charge in [0.25, 0.3) is 0 Å². The molecule has 1 amide bonds. The van der Waals surface area contributed by atoms with E-state index < -0.39 is 0 Å². The molecule has 1 aliphatic rings. The number of nitrogens with zero attached hydrogens (tertiary/aromatic N) is 3. The van der Waals surface area contributed by atoms with Crippen molar-refractivity contribution < 1.29 is 4.79 Å². The van der Waals surface area contributed by atoms with Crippen molar-refractivity contribution in [2.45, 2.75) is 58.5 Å². The molecule has 7 nitrogen and oxygen atoms in total. The molecule has 1 fully saturated rings. The standard InChI is InChI=1S/C17H30N6O/c1-12-15(13(2)23(4)22-12)10-19-17(18-3)20-11-16(24)21-14-8-6-5-7-9-14/h14H,5-11H2,1-4H3,(H,21,24)(H2,18,19,20). The Morgan fingerprint density at radius 1 is 1.25 bits per heavy atom. The van der Waals surface area contributed by atoms with Gasteiger partial charge in [-0.2, -0.15) is 5.10 Å². The van der Waals surface area contributed by atoms with Gasteiger partial charge in [-0.15, -0.1) is 0 Å². The zero-order chi connectivity index (χ0) is 17.5. The zero-order valence-corrected chi connectivity index (χ0v) is 15.3. The van der Waals surface area contributed by atoms with Gasteiger partial charge >= 0.3 is 0 Å². The molecule has 0 atom stereocenters. The van der Waals surface area contributed by atoms with Crippen molar-refractivity contribution in [2.24, 2.45) is 12.0 Å². The van der Waals surface area contributed by atoms with Gasteiger partial charge in [0.1, 0.15) is 0 Å². The lowest BCUT2D eigenvalue weighted by Crippen LogP contribution is -2.45. The van der Waals surface area contributed by atoms with Crippen molar-refractivity contribution in [3.8, 4) is 0 Å². The van der Waals surface area contributed by atoms with Gasteiger partial charge in [0.15, 0.2) is 5.96 Å². The second kappa shape index (κ2) is 8.70. The normalized spacial score (nSPS) is 16.1. The summed E-state index contributed by atoms with van der Waals surface area (Å²) in [6, 6.07) is 0.337. The van der Waals surface area contributed by atoms with E-state index in [1.165, 1.54) is 19.3 Å². The molecule has 0 bridgehead atoms. The van der Waals surface area contributed by atoms with Crippen LogP contribution in [0.15, 0.2) is 4.99 Å². The number of amides is 1. The number of carbonyl (C=O) groups is 1. The van der Waals surface area contributed by atoms with Gasteiger partial charge in [0.2, 0.25) is 5.91 Å². The van der Waals surface area contributed by atoms with E-state index in [1.54, 1.807) is 7.05 Å². The fourth-order valence-electron chi connectivity index (χ4n) is 3.16. The van der Waals surface area contributed by atoms with Crippen LogP contribution in [0.5, 0.6) is 0 Å². The summed E-state index contributed by atoms with van der Waals surface area (Å²) < 4.78 is 1.88. The minimum Gasteiger partial charge on any atom is -0.352 e. The summed E-state index contributed by atoms with van der Waals surface area (Å²) in [6.45, 7) is 4.92. The number of guanidine groups is 1. The van der Waals surface area contributed by atoms with Crippen molar-refractivity contribution in [3.63, 3.8) is 0 Å². The minimum atomic E-state index is 0.0265. The number of aromatic nitrogens is 2. The molecule has 0 radical (unpaired) electrons. The predicted octanol–water partition coefficient (Wildman–Crippen LogP) is 1.15. The molecule has 2 rings (SSSR count). The van der Waals surface area contributed by atoms with Crippen LogP contribution in [0.3, 0.4) is 0 Å². The summed E-state index contributed by atoms with van der Waals surface area (Å²) in [7, 11) is 3.64. The molecule has 0 aromatic carbocycles. The van der Waals surface area contributed by atoms with Crippen molar-refractivity contribution >= 4 is 11.9 Å². The molecule has 0 saturated heterocycles. The Morgan fingerprint density at radius 3 is 2.54 bits per heavy atom. The van der Waals surface area contributed by atoms with Gasteiger partial charge in [-0.25, -0.2) is 0 Å². The largest absolute Gasteiger partial charge is 0.352 e. The van der Waals surface area contributed by atoms with Gasteiger partial charge in [-0.05, 0) is 26.7 Å². The predicted molar refractivity (Wildman–Crippen MR) is 95.9 cm³/mol. The van der Waals surface area contributed by atoms with Crippen LogP contribution in [-0.4, -0.2) is 41.3 Å². The van der Waals surface area contributed by atoms with E-state index in [-0.39, 0.29) is 12.5 Å². The fourth-order valence-corrected chi connectivity index (χ4v) is 3.16. The highest BCUT2D eigenvalue weighted by molar-refractivity contribution is 5.86. The van der Waals surface area contributed by atoms with Gasteiger partial charge in [0.05, 0.1) is 12.2 Å². The Kier molecular flexibility index (Phi) is 6.63. The van der Waals surface area contributed by atoms with Crippen LogP contribution < -0.4 is 16.0 Å². The highest BCUT2D eigenvalue weighted by Crippen LogP contribution is 2.17. The first-order chi connectivity index (χ1) is 11.5. The average Bonchev–Trinajstić information content (AvgIpc) is 2.81. The Morgan fingerprint density at radius 2 is 1.96 bits per heavy atom. The summed E-state index contributed by atoms with van der Waals surface area (Å²) in [5, 5.41) is 13.8. The molecule has 1 aromatic rings. The first-order valence-electron chi connectivity index (χ1n) is 8.74. The van der Waals surface area contributed by atoms with Crippen LogP contribution in [0.1, 0.15) is 49.1 Å². The zero-order valence-electron chi connectivity index (χ0n) is 15.3. The summed E-state index contributed by atoms with van der Waals surface area (Å²) in [5.41, 5.74) is 3.30. The molecular weight excluding hydrogens is 304 g/mol. The maximum absolute atomic E-state index is 12.0. The Labute approximate surface area is 144 Å². The first-order valence-corrected chi connectivity index (χ1v) is 8.74. The third-order valence-electron chi connectivity index (χ3n) is 4.70. The molecule has 134 valence electrons.